The summed E-state index contributed by atoms with van der Waals surface area (Å²) in [6.07, 6.45) is 1.12. The van der Waals surface area contributed by atoms with E-state index in [0.29, 0.717) is 11.1 Å². The highest BCUT2D eigenvalue weighted by molar-refractivity contribution is 5.93. The first-order chi connectivity index (χ1) is 10.3. The predicted octanol–water partition coefficient (Wildman–Crippen LogP) is 3.85. The number of benzene rings is 1. The lowest BCUT2D eigenvalue weighted by molar-refractivity contribution is -0.274. The fourth-order valence-corrected chi connectivity index (χ4v) is 1.70. The summed E-state index contributed by atoms with van der Waals surface area (Å²) < 4.78 is 39.9. The summed E-state index contributed by atoms with van der Waals surface area (Å²) in [5, 5.41) is 9.02. The third-order valence-electron chi connectivity index (χ3n) is 2.65. The van der Waals surface area contributed by atoms with Gasteiger partial charge in [0.2, 0.25) is 0 Å². The molecule has 1 aromatic carbocycles. The Labute approximate surface area is 123 Å². The highest BCUT2D eigenvalue weighted by atomic mass is 19.4. The van der Waals surface area contributed by atoms with Gasteiger partial charge in [0.25, 0.3) is 0 Å². The number of ether oxygens (including phenoxy) is 1. The third-order valence-corrected chi connectivity index (χ3v) is 2.65. The van der Waals surface area contributed by atoms with Crippen LogP contribution in [0.5, 0.6) is 5.75 Å². The highest BCUT2D eigenvalue weighted by Gasteiger charge is 2.30. The van der Waals surface area contributed by atoms with Crippen molar-refractivity contribution < 1.29 is 27.8 Å². The van der Waals surface area contributed by atoms with Crippen molar-refractivity contribution in [2.75, 3.05) is 0 Å². The zero-order valence-electron chi connectivity index (χ0n) is 11.0. The zero-order chi connectivity index (χ0) is 16.2. The Hall–Kier alpha value is -2.83. The van der Waals surface area contributed by atoms with Crippen molar-refractivity contribution in [1.29, 1.82) is 0 Å². The van der Waals surface area contributed by atoms with Gasteiger partial charge in [0.05, 0.1) is 5.56 Å². The zero-order valence-corrected chi connectivity index (χ0v) is 11.0. The molecule has 0 atom stereocenters. The van der Waals surface area contributed by atoms with Gasteiger partial charge in [-0.3, -0.25) is 4.98 Å². The number of pyridine rings is 1. The van der Waals surface area contributed by atoms with E-state index in [-0.39, 0.29) is 11.3 Å². The molecule has 0 aliphatic carbocycles. The minimum absolute atomic E-state index is 0.0864. The van der Waals surface area contributed by atoms with Crippen LogP contribution in [-0.2, 0) is 0 Å². The molecule has 7 heteroatoms. The van der Waals surface area contributed by atoms with E-state index in [2.05, 4.69) is 9.72 Å². The Morgan fingerprint density at radius 1 is 1.14 bits per heavy atom. The van der Waals surface area contributed by atoms with Crippen LogP contribution in [0.1, 0.15) is 21.5 Å². The first-order valence-corrected chi connectivity index (χ1v) is 6.06. The molecule has 0 amide bonds. The number of hydrogen-bond donors (Lipinski definition) is 1. The minimum Gasteiger partial charge on any atom is -0.478 e. The molecule has 1 aromatic heterocycles. The van der Waals surface area contributed by atoms with Gasteiger partial charge in [-0.1, -0.05) is 24.3 Å². The van der Waals surface area contributed by atoms with Crippen LogP contribution in [0.25, 0.3) is 12.2 Å². The number of aromatic nitrogens is 1. The lowest BCUT2D eigenvalue weighted by Crippen LogP contribution is -2.16. The molecule has 1 N–H and O–H groups in total. The minimum atomic E-state index is -4.73. The number of carbonyl (C=O) groups is 1. The van der Waals surface area contributed by atoms with Crippen LogP contribution < -0.4 is 4.74 Å². The summed E-state index contributed by atoms with van der Waals surface area (Å²) in [7, 11) is 0. The molecule has 4 nitrogen and oxygen atoms in total. The lowest BCUT2D eigenvalue weighted by atomic mass is 10.1. The normalized spacial score (nSPS) is 11.6. The number of rotatable bonds is 4. The number of nitrogens with zero attached hydrogens (tertiary/aromatic N) is 1. The van der Waals surface area contributed by atoms with Gasteiger partial charge in [-0.15, -0.1) is 13.2 Å². The van der Waals surface area contributed by atoms with Crippen LogP contribution in [-0.4, -0.2) is 22.4 Å². The molecule has 2 rings (SSSR count). The molecule has 0 aliphatic heterocycles. The van der Waals surface area contributed by atoms with Crippen molar-refractivity contribution in [2.45, 2.75) is 6.36 Å². The van der Waals surface area contributed by atoms with Gasteiger partial charge in [0.1, 0.15) is 5.75 Å². The Kier molecular flexibility index (Phi) is 4.45. The second-order valence-electron chi connectivity index (χ2n) is 4.22. The quantitative estimate of drug-likeness (QED) is 0.932. The summed E-state index contributed by atoms with van der Waals surface area (Å²) in [4.78, 5) is 14.9. The fraction of sp³-hybridized carbons (Fsp3) is 0.0667. The number of carboxylic acid groups (broad SMARTS) is 1. The maximum atomic E-state index is 12.0. The summed E-state index contributed by atoms with van der Waals surface area (Å²) >= 11 is 0. The van der Waals surface area contributed by atoms with Crippen LogP contribution in [0, 0.1) is 0 Å². The monoisotopic (exact) mass is 309 g/mol. The molecule has 0 saturated heterocycles. The average molecular weight is 309 g/mol. The number of alkyl halides is 3. The van der Waals surface area contributed by atoms with Gasteiger partial charge in [0.15, 0.2) is 0 Å². The lowest BCUT2D eigenvalue weighted by Gasteiger charge is -2.08. The summed E-state index contributed by atoms with van der Waals surface area (Å²) in [5.41, 5.74) is 1.07. The molecular formula is C15H10F3NO3. The van der Waals surface area contributed by atoms with E-state index in [1.165, 1.54) is 48.8 Å². The van der Waals surface area contributed by atoms with E-state index >= 15 is 0 Å². The molecule has 2 aromatic rings. The second-order valence-corrected chi connectivity index (χ2v) is 4.22. The van der Waals surface area contributed by atoms with Crippen LogP contribution in [0.3, 0.4) is 0 Å². The van der Waals surface area contributed by atoms with Crippen molar-refractivity contribution >= 4 is 18.1 Å². The molecule has 0 saturated carbocycles. The summed E-state index contributed by atoms with van der Waals surface area (Å²) in [6.45, 7) is 0. The van der Waals surface area contributed by atoms with Gasteiger partial charge in [-0.2, -0.15) is 0 Å². The van der Waals surface area contributed by atoms with Crippen molar-refractivity contribution in [1.82, 2.24) is 4.98 Å². The molecule has 0 bridgehead atoms. The number of hydrogen-bond acceptors (Lipinski definition) is 3. The Balaban J connectivity index is 2.16. The second kappa shape index (κ2) is 6.30. The predicted molar refractivity (Wildman–Crippen MR) is 73.2 cm³/mol. The first kappa shape index (κ1) is 15.6. The van der Waals surface area contributed by atoms with Crippen molar-refractivity contribution in [3.8, 4) is 5.75 Å². The maximum absolute atomic E-state index is 12.0. The summed E-state index contributed by atoms with van der Waals surface area (Å²) in [5.74, 6) is -1.41. The van der Waals surface area contributed by atoms with E-state index in [1.54, 1.807) is 6.08 Å². The molecule has 0 radical (unpaired) electrons. The number of carboxylic acids is 1. The SMILES string of the molecule is O=C(O)c1ccncc1/C=C/c1ccc(OC(F)(F)F)cc1. The van der Waals surface area contributed by atoms with Gasteiger partial charge in [0, 0.05) is 18.0 Å². The van der Waals surface area contributed by atoms with E-state index in [0.717, 1.165) is 0 Å². The topological polar surface area (TPSA) is 59.4 Å². The molecule has 0 aliphatic rings. The van der Waals surface area contributed by atoms with Crippen LogP contribution >= 0.6 is 0 Å². The van der Waals surface area contributed by atoms with Crippen molar-refractivity contribution in [2.24, 2.45) is 0 Å². The smallest absolute Gasteiger partial charge is 0.478 e. The van der Waals surface area contributed by atoms with Crippen LogP contribution in [0.4, 0.5) is 13.2 Å². The fourth-order valence-electron chi connectivity index (χ4n) is 1.70. The van der Waals surface area contributed by atoms with E-state index in [4.69, 9.17) is 5.11 Å². The molecule has 0 unspecified atom stereocenters. The molecule has 0 fully saturated rings. The van der Waals surface area contributed by atoms with E-state index < -0.39 is 12.3 Å². The molecule has 22 heavy (non-hydrogen) atoms. The molecular weight excluding hydrogens is 299 g/mol. The van der Waals surface area contributed by atoms with Crippen LogP contribution in [0.15, 0.2) is 42.7 Å². The number of halogens is 3. The Bertz CT molecular complexity index is 694. The highest BCUT2D eigenvalue weighted by Crippen LogP contribution is 2.23. The van der Waals surface area contributed by atoms with Gasteiger partial charge in [-0.25, -0.2) is 4.79 Å². The third kappa shape index (κ3) is 4.34. The maximum Gasteiger partial charge on any atom is 0.573 e. The Morgan fingerprint density at radius 2 is 1.82 bits per heavy atom. The van der Waals surface area contributed by atoms with E-state index in [1.807, 2.05) is 0 Å². The van der Waals surface area contributed by atoms with E-state index in [9.17, 15) is 18.0 Å². The summed E-state index contributed by atoms with van der Waals surface area (Å²) in [6, 6.07) is 6.56. The standard InChI is InChI=1S/C15H10F3NO3/c16-15(17,18)22-12-5-2-10(3-6-12)1-4-11-9-19-8-7-13(11)14(20)21/h1-9H,(H,20,21)/b4-1+. The first-order valence-electron chi connectivity index (χ1n) is 6.06. The average Bonchev–Trinajstić information content (AvgIpc) is 2.45. The van der Waals surface area contributed by atoms with Crippen LogP contribution in [0.2, 0.25) is 0 Å². The van der Waals surface area contributed by atoms with Crippen molar-refractivity contribution in [3.05, 3.63) is 59.4 Å². The molecule has 0 spiro atoms. The largest absolute Gasteiger partial charge is 0.573 e. The van der Waals surface area contributed by atoms with Gasteiger partial charge in [-0.05, 0) is 23.8 Å². The van der Waals surface area contributed by atoms with Gasteiger partial charge < -0.3 is 9.84 Å². The number of aromatic carboxylic acids is 1. The molecule has 1 heterocycles. The Morgan fingerprint density at radius 3 is 2.41 bits per heavy atom. The molecule has 114 valence electrons. The van der Waals surface area contributed by atoms with Gasteiger partial charge >= 0.3 is 12.3 Å². The van der Waals surface area contributed by atoms with Crippen molar-refractivity contribution in [3.63, 3.8) is 0 Å².